The van der Waals surface area contributed by atoms with Gasteiger partial charge in [-0.25, -0.2) is 0 Å². The molecule has 0 saturated heterocycles. The monoisotopic (exact) mass is 584 g/mol. The van der Waals surface area contributed by atoms with Crippen molar-refractivity contribution in [2.24, 2.45) is 0 Å². The van der Waals surface area contributed by atoms with E-state index in [-0.39, 0.29) is 25.7 Å². The average molecular weight is 585 g/mol. The van der Waals surface area contributed by atoms with Crippen LogP contribution < -0.4 is 19.1 Å². The molecule has 0 spiro atoms. The molecule has 0 unspecified atom stereocenters. The highest BCUT2D eigenvalue weighted by Crippen LogP contribution is 2.49. The zero-order valence-electron chi connectivity index (χ0n) is 26.5. The Kier molecular flexibility index (Phi) is 14.1. The van der Waals surface area contributed by atoms with Crippen molar-refractivity contribution in [1.29, 1.82) is 0 Å². The summed E-state index contributed by atoms with van der Waals surface area (Å²) in [5, 5.41) is 1.30. The highest BCUT2D eigenvalue weighted by atomic mass is 32.2. The number of ether oxygens (including phenoxy) is 2. The Morgan fingerprint density at radius 1 is 0.775 bits per heavy atom. The van der Waals surface area contributed by atoms with Crippen LogP contribution in [0.3, 0.4) is 0 Å². The van der Waals surface area contributed by atoms with Crippen molar-refractivity contribution in [1.82, 2.24) is 0 Å². The molecule has 0 aliphatic rings. The zero-order chi connectivity index (χ0) is 29.8. The predicted octanol–water partition coefficient (Wildman–Crippen LogP) is 9.16. The first-order chi connectivity index (χ1) is 18.9. The zero-order valence-corrected chi connectivity index (χ0v) is 28.3. The van der Waals surface area contributed by atoms with Crippen molar-refractivity contribution >= 4 is 31.8 Å². The van der Waals surface area contributed by atoms with Crippen LogP contribution in [0.4, 0.5) is 0 Å². The van der Waals surface area contributed by atoms with Crippen molar-refractivity contribution in [3.63, 3.8) is 0 Å². The minimum Gasteiger partial charge on any atom is -0.535 e. The van der Waals surface area contributed by atoms with E-state index in [1.165, 1.54) is 31.0 Å². The Hall–Kier alpha value is -1.92. The van der Waals surface area contributed by atoms with Gasteiger partial charge in [0, 0.05) is 28.5 Å². The molecule has 0 saturated carbocycles. The molecule has 222 valence electrons. The fourth-order valence-corrected chi connectivity index (χ4v) is 6.29. The van der Waals surface area contributed by atoms with E-state index in [0.29, 0.717) is 19.6 Å². The van der Waals surface area contributed by atoms with Crippen LogP contribution in [0.25, 0.3) is 0 Å². The van der Waals surface area contributed by atoms with Gasteiger partial charge in [0.25, 0.3) is 0 Å². The number of hydrogen-bond donors (Lipinski definition) is 0. The first kappa shape index (κ1) is 34.3. The van der Waals surface area contributed by atoms with Crippen LogP contribution in [-0.2, 0) is 15.6 Å². The summed E-state index contributed by atoms with van der Waals surface area (Å²) in [4.78, 5) is 13.5. The van der Waals surface area contributed by atoms with E-state index in [1.54, 1.807) is 0 Å². The second-order valence-electron chi connectivity index (χ2n) is 12.5. The van der Waals surface area contributed by atoms with Crippen molar-refractivity contribution in [2.75, 3.05) is 13.2 Å². The maximum atomic E-state index is 12.6. The molecule has 0 aliphatic carbocycles. The summed E-state index contributed by atoms with van der Waals surface area (Å²) in [6, 6.07) is 10.3. The minimum atomic E-state index is -0.201. The molecular weight excluding hydrogens is 533 g/mol. The Morgan fingerprint density at radius 3 is 2.02 bits per heavy atom. The molecule has 0 N–H and O–H groups in total. The van der Waals surface area contributed by atoms with E-state index >= 15 is 0 Å². The van der Waals surface area contributed by atoms with Crippen molar-refractivity contribution < 1.29 is 18.7 Å². The maximum Gasteiger partial charge on any atom is 0.351 e. The van der Waals surface area contributed by atoms with E-state index < -0.39 is 0 Å². The van der Waals surface area contributed by atoms with E-state index in [0.717, 1.165) is 64.1 Å². The molecule has 40 heavy (non-hydrogen) atoms. The van der Waals surface area contributed by atoms with Crippen LogP contribution in [-0.4, -0.2) is 28.1 Å². The van der Waals surface area contributed by atoms with E-state index in [4.69, 9.17) is 13.9 Å². The highest BCUT2D eigenvalue weighted by Gasteiger charge is 2.34. The maximum absolute atomic E-state index is 12.6. The van der Waals surface area contributed by atoms with Gasteiger partial charge < -0.3 is 13.9 Å². The lowest BCUT2D eigenvalue weighted by Gasteiger charge is -2.33. The SMILES string of the molecule is CCCCCCCC(=O)Sc1cccc([Si]Oc2cc(OCCC)c(C(C)(C)C)c(OCCC)c2C(C)(C)C)c1. The molecule has 0 amide bonds. The summed E-state index contributed by atoms with van der Waals surface area (Å²) in [5.41, 5.74) is 1.81. The molecule has 0 bridgehead atoms. The number of hydrogen-bond acceptors (Lipinski definition) is 5. The molecule has 0 fully saturated rings. The molecule has 0 atom stereocenters. The molecule has 4 nitrogen and oxygen atoms in total. The highest BCUT2D eigenvalue weighted by molar-refractivity contribution is 8.13. The van der Waals surface area contributed by atoms with E-state index in [1.807, 2.05) is 12.1 Å². The Bertz CT molecular complexity index is 1070. The lowest BCUT2D eigenvalue weighted by molar-refractivity contribution is -0.111. The minimum absolute atomic E-state index is 0.0961. The van der Waals surface area contributed by atoms with Crippen molar-refractivity contribution in [2.45, 2.75) is 129 Å². The van der Waals surface area contributed by atoms with Gasteiger partial charge in [0.2, 0.25) is 0 Å². The van der Waals surface area contributed by atoms with Gasteiger partial charge in [-0.2, -0.15) is 0 Å². The van der Waals surface area contributed by atoms with E-state index in [9.17, 15) is 4.79 Å². The summed E-state index contributed by atoms with van der Waals surface area (Å²) in [5.74, 6) is 2.53. The summed E-state index contributed by atoms with van der Waals surface area (Å²) in [7, 11) is 0.0961. The van der Waals surface area contributed by atoms with Gasteiger partial charge in [-0.05, 0) is 47.4 Å². The van der Waals surface area contributed by atoms with Gasteiger partial charge in [-0.1, -0.05) is 112 Å². The van der Waals surface area contributed by atoms with Crippen LogP contribution >= 0.6 is 11.8 Å². The fraction of sp³-hybridized carbons (Fsp3) is 0.618. The van der Waals surface area contributed by atoms with Gasteiger partial charge in [0.15, 0.2) is 5.12 Å². The van der Waals surface area contributed by atoms with Crippen LogP contribution in [0.5, 0.6) is 17.2 Å². The Labute approximate surface area is 251 Å². The Morgan fingerprint density at radius 2 is 1.40 bits per heavy atom. The van der Waals surface area contributed by atoms with Gasteiger partial charge in [0.1, 0.15) is 17.2 Å². The number of rotatable bonds is 16. The third-order valence-electron chi connectivity index (χ3n) is 6.45. The molecule has 2 aromatic rings. The van der Waals surface area contributed by atoms with Crippen LogP contribution in [0.2, 0.25) is 0 Å². The standard InChI is InChI=1S/C34H52O4SSi/c1-10-13-14-15-16-20-29(35)39-25-18-17-19-26(23-25)40-38-28-24-27(36-21-11-2)30(33(4,5)6)32(37-22-12-3)31(28)34(7,8)9/h17-19,23-24H,10-16,20-22H2,1-9H3. The average Bonchev–Trinajstić information content (AvgIpc) is 2.87. The normalized spacial score (nSPS) is 11.9. The van der Waals surface area contributed by atoms with Crippen LogP contribution in [0, 0.1) is 0 Å². The molecule has 2 radical (unpaired) electrons. The predicted molar refractivity (Wildman–Crippen MR) is 172 cm³/mol. The molecule has 2 aromatic carbocycles. The summed E-state index contributed by atoms with van der Waals surface area (Å²) >= 11 is 1.35. The van der Waals surface area contributed by atoms with Crippen molar-refractivity contribution in [3.8, 4) is 17.2 Å². The summed E-state index contributed by atoms with van der Waals surface area (Å²) in [6.45, 7) is 21.0. The number of benzene rings is 2. The lowest BCUT2D eigenvalue weighted by atomic mass is 9.78. The van der Waals surface area contributed by atoms with Gasteiger partial charge in [0.05, 0.1) is 13.2 Å². The smallest absolute Gasteiger partial charge is 0.351 e. The third kappa shape index (κ3) is 10.8. The second-order valence-corrected chi connectivity index (χ2v) is 14.6. The molecule has 0 aromatic heterocycles. The molecule has 0 aliphatic heterocycles. The summed E-state index contributed by atoms with van der Waals surface area (Å²) in [6.07, 6.45) is 8.27. The Balaban J connectivity index is 2.36. The lowest BCUT2D eigenvalue weighted by Crippen LogP contribution is -2.25. The number of unbranched alkanes of at least 4 members (excludes halogenated alkanes) is 4. The van der Waals surface area contributed by atoms with Crippen LogP contribution in [0.15, 0.2) is 35.2 Å². The molecule has 6 heteroatoms. The number of carbonyl (C=O) groups excluding carboxylic acids is 1. The first-order valence-electron chi connectivity index (χ1n) is 15.1. The quantitative estimate of drug-likeness (QED) is 0.112. The number of thioether (sulfide) groups is 1. The molecular formula is C34H52O4SSi. The number of carbonyl (C=O) groups is 1. The fourth-order valence-electron chi connectivity index (χ4n) is 4.58. The van der Waals surface area contributed by atoms with Crippen molar-refractivity contribution in [3.05, 3.63) is 41.5 Å². The van der Waals surface area contributed by atoms with E-state index in [2.05, 4.69) is 80.5 Å². The topological polar surface area (TPSA) is 44.8 Å². The van der Waals surface area contributed by atoms with Gasteiger partial charge in [-0.3, -0.25) is 4.79 Å². The third-order valence-corrected chi connectivity index (χ3v) is 8.24. The summed E-state index contributed by atoms with van der Waals surface area (Å²) < 4.78 is 19.4. The van der Waals surface area contributed by atoms with Crippen LogP contribution in [0.1, 0.15) is 125 Å². The van der Waals surface area contributed by atoms with Gasteiger partial charge >= 0.3 is 9.76 Å². The molecule has 2 rings (SSSR count). The molecule has 0 heterocycles. The second kappa shape index (κ2) is 16.5. The first-order valence-corrected chi connectivity index (χ1v) is 16.9. The largest absolute Gasteiger partial charge is 0.535 e. The van der Waals surface area contributed by atoms with Gasteiger partial charge in [-0.15, -0.1) is 0 Å².